The first kappa shape index (κ1) is 20.9. The average Bonchev–Trinajstić information content (AvgIpc) is 2.51. The van der Waals surface area contributed by atoms with Crippen LogP contribution < -0.4 is 15.4 Å². The molecule has 26 heavy (non-hydrogen) atoms. The quantitative estimate of drug-likeness (QED) is 0.459. The van der Waals surface area contributed by atoms with Gasteiger partial charge in [-0.25, -0.2) is 9.59 Å². The van der Waals surface area contributed by atoms with E-state index in [2.05, 4.69) is 5.32 Å². The van der Waals surface area contributed by atoms with Gasteiger partial charge in [0.15, 0.2) is 6.10 Å². The van der Waals surface area contributed by atoms with E-state index in [-0.39, 0.29) is 17.0 Å². The number of carbonyl (C=O) groups excluding carboxylic acids is 3. The maximum atomic E-state index is 12.2. The van der Waals surface area contributed by atoms with Crippen LogP contribution in [0.25, 0.3) is 0 Å². The van der Waals surface area contributed by atoms with Crippen molar-refractivity contribution < 1.29 is 28.8 Å². The maximum Gasteiger partial charge on any atom is 0.342 e. The van der Waals surface area contributed by atoms with Gasteiger partial charge < -0.3 is 14.8 Å². The molecule has 0 bridgehead atoms. The third-order valence-corrected chi connectivity index (χ3v) is 2.99. The smallest absolute Gasteiger partial charge is 0.342 e. The summed E-state index contributed by atoms with van der Waals surface area (Å²) in [6.45, 7) is 6.46. The zero-order chi connectivity index (χ0) is 20.1. The first-order chi connectivity index (χ1) is 11.9. The summed E-state index contributed by atoms with van der Waals surface area (Å²) in [6.07, 6.45) is -1.31. The molecular formula is C16H21N3O7. The average molecular weight is 367 g/mol. The van der Waals surface area contributed by atoms with E-state index < -0.39 is 34.5 Å². The molecule has 10 heteroatoms. The monoisotopic (exact) mass is 367 g/mol. The summed E-state index contributed by atoms with van der Waals surface area (Å²) < 4.78 is 9.95. The van der Waals surface area contributed by atoms with Gasteiger partial charge in [-0.1, -0.05) is 0 Å². The zero-order valence-corrected chi connectivity index (χ0v) is 15.1. The Morgan fingerprint density at radius 2 is 1.85 bits per heavy atom. The molecule has 1 aromatic carbocycles. The van der Waals surface area contributed by atoms with Gasteiger partial charge in [0, 0.05) is 17.7 Å². The molecule has 0 saturated carbocycles. The summed E-state index contributed by atoms with van der Waals surface area (Å²) in [6, 6.07) is 2.66. The number of imide groups is 1. The van der Waals surface area contributed by atoms with Gasteiger partial charge in [0.05, 0.1) is 12.0 Å². The predicted octanol–water partition coefficient (Wildman–Crippen LogP) is 1.77. The first-order valence-corrected chi connectivity index (χ1v) is 7.61. The van der Waals surface area contributed by atoms with Crippen LogP contribution in [-0.2, 0) is 9.53 Å². The summed E-state index contributed by atoms with van der Waals surface area (Å²) in [4.78, 5) is 46.0. The summed E-state index contributed by atoms with van der Waals surface area (Å²) in [5.74, 6) is -1.78. The number of urea groups is 1. The highest BCUT2D eigenvalue weighted by Gasteiger charge is 2.25. The second-order valence-corrected chi connectivity index (χ2v) is 6.38. The van der Waals surface area contributed by atoms with Crippen molar-refractivity contribution in [3.05, 3.63) is 33.9 Å². The minimum Gasteiger partial charge on any atom is -0.496 e. The molecule has 0 unspecified atom stereocenters. The lowest BCUT2D eigenvalue weighted by molar-refractivity contribution is -0.384. The number of nitro benzene ring substituents is 1. The van der Waals surface area contributed by atoms with E-state index >= 15 is 0 Å². The molecule has 0 aliphatic carbocycles. The van der Waals surface area contributed by atoms with Crippen molar-refractivity contribution in [3.8, 4) is 5.75 Å². The van der Waals surface area contributed by atoms with Crippen LogP contribution >= 0.6 is 0 Å². The predicted molar refractivity (Wildman–Crippen MR) is 91.0 cm³/mol. The highest BCUT2D eigenvalue weighted by molar-refractivity contribution is 5.99. The van der Waals surface area contributed by atoms with Gasteiger partial charge >= 0.3 is 12.0 Å². The number of benzene rings is 1. The first-order valence-electron chi connectivity index (χ1n) is 7.61. The molecule has 0 spiro atoms. The number of nitro groups is 1. The van der Waals surface area contributed by atoms with Crippen molar-refractivity contribution in [3.63, 3.8) is 0 Å². The molecule has 3 amide bonds. The molecule has 142 valence electrons. The van der Waals surface area contributed by atoms with Crippen LogP contribution in [0.3, 0.4) is 0 Å². The topological polar surface area (TPSA) is 137 Å². The Morgan fingerprint density at radius 1 is 1.23 bits per heavy atom. The Hall–Kier alpha value is -3.17. The van der Waals surface area contributed by atoms with Crippen LogP contribution in [0.4, 0.5) is 10.5 Å². The summed E-state index contributed by atoms with van der Waals surface area (Å²) in [5, 5.41) is 15.4. The molecule has 2 N–H and O–H groups in total. The van der Waals surface area contributed by atoms with Crippen molar-refractivity contribution in [2.75, 3.05) is 7.11 Å². The molecule has 0 saturated heterocycles. The fourth-order valence-electron chi connectivity index (χ4n) is 1.83. The molecule has 0 fully saturated rings. The number of carbonyl (C=O) groups is 3. The Bertz CT molecular complexity index is 725. The van der Waals surface area contributed by atoms with E-state index in [1.165, 1.54) is 26.2 Å². The van der Waals surface area contributed by atoms with Crippen LogP contribution in [0.1, 0.15) is 38.1 Å². The Labute approximate surface area is 150 Å². The Kier molecular flexibility index (Phi) is 6.64. The third-order valence-electron chi connectivity index (χ3n) is 2.99. The Morgan fingerprint density at radius 3 is 2.35 bits per heavy atom. The number of hydrogen-bond donors (Lipinski definition) is 2. The Balaban J connectivity index is 2.83. The number of hydrogen-bond acceptors (Lipinski definition) is 7. The highest BCUT2D eigenvalue weighted by atomic mass is 16.6. The van der Waals surface area contributed by atoms with E-state index in [1.807, 2.05) is 5.32 Å². The number of non-ortho nitro benzene ring substituents is 1. The molecule has 1 rings (SSSR count). The van der Waals surface area contributed by atoms with Gasteiger partial charge in [-0.3, -0.25) is 20.2 Å². The highest BCUT2D eigenvalue weighted by Crippen LogP contribution is 2.25. The maximum absolute atomic E-state index is 12.2. The van der Waals surface area contributed by atoms with Crippen molar-refractivity contribution in [1.29, 1.82) is 0 Å². The standard InChI is InChI=1S/C16H21N3O7/c1-9(13(20)17-15(22)18-16(2,3)4)26-14(21)11-8-10(19(23)24)6-7-12(11)25-5/h6-9H,1-5H3,(H2,17,18,20,22)/t9-/m0/s1. The van der Waals surface area contributed by atoms with Gasteiger partial charge in [0.1, 0.15) is 11.3 Å². The van der Waals surface area contributed by atoms with Crippen LogP contribution in [0.2, 0.25) is 0 Å². The third kappa shape index (κ3) is 6.04. The summed E-state index contributed by atoms with van der Waals surface area (Å²) >= 11 is 0. The molecule has 0 aromatic heterocycles. The summed E-state index contributed by atoms with van der Waals surface area (Å²) in [5.41, 5.74) is -1.10. The van der Waals surface area contributed by atoms with Gasteiger partial charge in [0.2, 0.25) is 0 Å². The van der Waals surface area contributed by atoms with E-state index in [9.17, 15) is 24.5 Å². The van der Waals surface area contributed by atoms with E-state index in [0.29, 0.717) is 0 Å². The van der Waals surface area contributed by atoms with Gasteiger partial charge in [0.25, 0.3) is 11.6 Å². The van der Waals surface area contributed by atoms with E-state index in [1.54, 1.807) is 20.8 Å². The lowest BCUT2D eigenvalue weighted by Crippen LogP contribution is -2.50. The fraction of sp³-hybridized carbons (Fsp3) is 0.438. The number of methoxy groups -OCH3 is 1. The molecular weight excluding hydrogens is 346 g/mol. The van der Waals surface area contributed by atoms with Crippen LogP contribution in [0.5, 0.6) is 5.75 Å². The molecule has 0 heterocycles. The minimum atomic E-state index is -1.31. The normalized spacial score (nSPS) is 11.9. The molecule has 1 aromatic rings. The molecule has 0 aliphatic rings. The van der Waals surface area contributed by atoms with E-state index in [0.717, 1.165) is 6.07 Å². The SMILES string of the molecule is COc1ccc([N+](=O)[O-])cc1C(=O)O[C@@H](C)C(=O)NC(=O)NC(C)(C)C. The minimum absolute atomic E-state index is 0.0543. The van der Waals surface area contributed by atoms with Gasteiger partial charge in [-0.05, 0) is 33.8 Å². The molecule has 10 nitrogen and oxygen atoms in total. The fourth-order valence-corrected chi connectivity index (χ4v) is 1.83. The van der Waals surface area contributed by atoms with Crippen LogP contribution in [0.15, 0.2) is 18.2 Å². The second kappa shape index (κ2) is 8.28. The van der Waals surface area contributed by atoms with Crippen molar-refractivity contribution in [2.24, 2.45) is 0 Å². The zero-order valence-electron chi connectivity index (χ0n) is 15.1. The molecule has 1 atom stereocenters. The lowest BCUT2D eigenvalue weighted by atomic mass is 10.1. The van der Waals surface area contributed by atoms with Crippen LogP contribution in [-0.4, -0.2) is 41.6 Å². The number of esters is 1. The number of rotatable bonds is 5. The van der Waals surface area contributed by atoms with Gasteiger partial charge in [-0.15, -0.1) is 0 Å². The second-order valence-electron chi connectivity index (χ2n) is 6.38. The van der Waals surface area contributed by atoms with Crippen molar-refractivity contribution in [1.82, 2.24) is 10.6 Å². The van der Waals surface area contributed by atoms with Crippen molar-refractivity contribution in [2.45, 2.75) is 39.3 Å². The van der Waals surface area contributed by atoms with Crippen LogP contribution in [0, 0.1) is 10.1 Å². The van der Waals surface area contributed by atoms with E-state index in [4.69, 9.17) is 9.47 Å². The lowest BCUT2D eigenvalue weighted by Gasteiger charge is -2.21. The molecule has 0 aliphatic heterocycles. The number of amides is 3. The van der Waals surface area contributed by atoms with Gasteiger partial charge in [-0.2, -0.15) is 0 Å². The largest absolute Gasteiger partial charge is 0.496 e. The summed E-state index contributed by atoms with van der Waals surface area (Å²) in [7, 11) is 1.28. The van der Waals surface area contributed by atoms with Crippen molar-refractivity contribution >= 4 is 23.6 Å². The number of nitrogens with zero attached hydrogens (tertiary/aromatic N) is 1. The number of ether oxygens (including phenoxy) is 2. The number of nitrogens with one attached hydrogen (secondary N) is 2. The molecule has 0 radical (unpaired) electrons.